The first-order valence-corrected chi connectivity index (χ1v) is 11.5. The number of esters is 1. The number of halogens is 1. The van der Waals surface area contributed by atoms with Gasteiger partial charge in [0, 0.05) is 18.0 Å². The van der Waals surface area contributed by atoms with E-state index in [4.69, 9.17) is 4.74 Å². The summed E-state index contributed by atoms with van der Waals surface area (Å²) >= 11 is 1.32. The third-order valence-electron chi connectivity index (χ3n) is 5.15. The minimum atomic E-state index is -0.523. The maximum absolute atomic E-state index is 12.9. The van der Waals surface area contributed by atoms with Gasteiger partial charge in [0.05, 0.1) is 11.3 Å². The number of benzene rings is 2. The lowest BCUT2D eigenvalue weighted by Gasteiger charge is -2.13. The Morgan fingerprint density at radius 1 is 1.09 bits per heavy atom. The Kier molecular flexibility index (Phi) is 8.28. The monoisotopic (exact) mass is 465 g/mol. The fourth-order valence-corrected chi connectivity index (χ4v) is 4.06. The number of amides is 1. The van der Waals surface area contributed by atoms with Crippen LogP contribution in [0.5, 0.6) is 0 Å². The lowest BCUT2D eigenvalue weighted by Crippen LogP contribution is -2.23. The molecular weight excluding hydrogens is 441 g/mol. The average molecular weight is 466 g/mol. The van der Waals surface area contributed by atoms with E-state index in [1.165, 1.54) is 23.9 Å². The molecule has 170 valence electrons. The molecule has 0 aliphatic heterocycles. The number of rotatable bonds is 9. The van der Waals surface area contributed by atoms with Gasteiger partial charge in [-0.25, -0.2) is 4.39 Å². The van der Waals surface area contributed by atoms with E-state index in [-0.39, 0.29) is 11.6 Å². The molecule has 0 bridgehead atoms. The van der Waals surface area contributed by atoms with Gasteiger partial charge in [0.25, 0.3) is 5.91 Å². The summed E-state index contributed by atoms with van der Waals surface area (Å²) in [6, 6.07) is 17.9. The zero-order valence-corrected chi connectivity index (χ0v) is 19.2. The second-order valence-corrected chi connectivity index (χ2v) is 8.43. The van der Waals surface area contributed by atoms with E-state index in [0.29, 0.717) is 23.7 Å². The van der Waals surface area contributed by atoms with Crippen molar-refractivity contribution >= 4 is 29.5 Å². The second-order valence-electron chi connectivity index (χ2n) is 7.45. The summed E-state index contributed by atoms with van der Waals surface area (Å²) in [5, 5.41) is 12.4. The zero-order chi connectivity index (χ0) is 23.8. The number of nitriles is 1. The van der Waals surface area contributed by atoms with Crippen LogP contribution in [-0.2, 0) is 26.6 Å². The van der Waals surface area contributed by atoms with Crippen LogP contribution in [0.3, 0.4) is 0 Å². The molecule has 1 N–H and O–H groups in total. The lowest BCUT2D eigenvalue weighted by molar-refractivity contribution is -0.144. The molecule has 1 amide bonds. The summed E-state index contributed by atoms with van der Waals surface area (Å²) < 4.78 is 19.9. The molecule has 1 heterocycles. The number of carbonyl (C=O) groups is 2. The molecule has 0 saturated carbocycles. The highest BCUT2D eigenvalue weighted by atomic mass is 32.2. The van der Waals surface area contributed by atoms with Crippen molar-refractivity contribution < 1.29 is 18.7 Å². The molecule has 0 aliphatic carbocycles. The van der Waals surface area contributed by atoms with Gasteiger partial charge < -0.3 is 14.6 Å². The van der Waals surface area contributed by atoms with Gasteiger partial charge in [-0.2, -0.15) is 5.26 Å². The highest BCUT2D eigenvalue weighted by Gasteiger charge is 2.20. The minimum Gasteiger partial charge on any atom is -0.455 e. The summed E-state index contributed by atoms with van der Waals surface area (Å²) in [4.78, 5) is 24.5. The van der Waals surface area contributed by atoms with Crippen LogP contribution in [0.4, 0.5) is 10.2 Å². The third-order valence-corrected chi connectivity index (χ3v) is 6.13. The minimum absolute atomic E-state index is 0.0662. The zero-order valence-electron chi connectivity index (χ0n) is 18.4. The highest BCUT2D eigenvalue weighted by Crippen LogP contribution is 2.27. The SMILES string of the molecule is Cc1c(C#N)c(NC(=O)COC(=O)CSCc2ccc(F)cc2)n(Cc2ccccc2)c1C. The Morgan fingerprint density at radius 3 is 2.45 bits per heavy atom. The predicted octanol–water partition coefficient (Wildman–Crippen LogP) is 4.58. The molecule has 0 spiro atoms. The van der Waals surface area contributed by atoms with Gasteiger partial charge in [-0.05, 0) is 42.7 Å². The molecule has 3 aromatic rings. The van der Waals surface area contributed by atoms with Crippen molar-refractivity contribution in [1.82, 2.24) is 4.57 Å². The molecular formula is C25H24FN3O3S. The van der Waals surface area contributed by atoms with Crippen molar-refractivity contribution in [3.05, 3.63) is 88.4 Å². The van der Waals surface area contributed by atoms with E-state index >= 15 is 0 Å². The average Bonchev–Trinajstić information content (AvgIpc) is 3.03. The summed E-state index contributed by atoms with van der Waals surface area (Å²) in [6.07, 6.45) is 0. The van der Waals surface area contributed by atoms with E-state index in [1.54, 1.807) is 12.1 Å². The molecule has 0 saturated heterocycles. The van der Waals surface area contributed by atoms with Gasteiger partial charge >= 0.3 is 5.97 Å². The van der Waals surface area contributed by atoms with Crippen LogP contribution in [0, 0.1) is 31.0 Å². The smallest absolute Gasteiger partial charge is 0.316 e. The molecule has 1 aromatic heterocycles. The molecule has 6 nitrogen and oxygen atoms in total. The number of thioether (sulfide) groups is 1. The van der Waals surface area contributed by atoms with Crippen molar-refractivity contribution in [1.29, 1.82) is 5.26 Å². The highest BCUT2D eigenvalue weighted by molar-refractivity contribution is 7.99. The van der Waals surface area contributed by atoms with E-state index < -0.39 is 18.5 Å². The van der Waals surface area contributed by atoms with Gasteiger partial charge in [0.15, 0.2) is 6.61 Å². The van der Waals surface area contributed by atoms with Crippen LogP contribution in [0.15, 0.2) is 54.6 Å². The fourth-order valence-electron chi connectivity index (χ4n) is 3.28. The maximum Gasteiger partial charge on any atom is 0.316 e. The van der Waals surface area contributed by atoms with Crippen LogP contribution in [0.2, 0.25) is 0 Å². The number of anilines is 1. The molecule has 0 unspecified atom stereocenters. The Hall–Kier alpha value is -3.57. The first-order valence-electron chi connectivity index (χ1n) is 10.3. The van der Waals surface area contributed by atoms with Crippen LogP contribution < -0.4 is 5.32 Å². The predicted molar refractivity (Wildman–Crippen MR) is 126 cm³/mol. The normalized spacial score (nSPS) is 10.5. The first-order chi connectivity index (χ1) is 15.9. The van der Waals surface area contributed by atoms with Gasteiger partial charge in [0.1, 0.15) is 17.7 Å². The second kappa shape index (κ2) is 11.3. The number of hydrogen-bond donors (Lipinski definition) is 1. The Labute approximate surface area is 196 Å². The van der Waals surface area contributed by atoms with Crippen LogP contribution in [0.1, 0.15) is 27.9 Å². The van der Waals surface area contributed by atoms with Gasteiger partial charge in [-0.1, -0.05) is 42.5 Å². The lowest BCUT2D eigenvalue weighted by atomic mass is 10.2. The van der Waals surface area contributed by atoms with E-state index in [9.17, 15) is 19.2 Å². The molecule has 0 radical (unpaired) electrons. The quantitative estimate of drug-likeness (QED) is 0.468. The van der Waals surface area contributed by atoms with Crippen LogP contribution in [0.25, 0.3) is 0 Å². The molecule has 3 rings (SSSR count). The van der Waals surface area contributed by atoms with E-state index in [0.717, 1.165) is 22.4 Å². The number of ether oxygens (including phenoxy) is 1. The standard InChI is InChI=1S/C25H24FN3O3S/c1-17-18(2)29(13-19-6-4-3-5-7-19)25(22(17)12-27)28-23(30)14-32-24(31)16-33-15-20-8-10-21(26)11-9-20/h3-11H,13-16H2,1-2H3,(H,28,30). The fraction of sp³-hybridized carbons (Fsp3) is 0.240. The molecule has 2 aromatic carbocycles. The maximum atomic E-state index is 12.9. The van der Waals surface area contributed by atoms with Crippen molar-refractivity contribution in [3.63, 3.8) is 0 Å². The van der Waals surface area contributed by atoms with E-state index in [1.807, 2.05) is 48.7 Å². The Balaban J connectivity index is 1.57. The molecule has 0 aliphatic rings. The summed E-state index contributed by atoms with van der Waals surface area (Å²) in [5.41, 5.74) is 3.97. The Morgan fingerprint density at radius 2 is 1.79 bits per heavy atom. The van der Waals surface area contributed by atoms with Crippen LogP contribution in [-0.4, -0.2) is 28.8 Å². The molecule has 8 heteroatoms. The third kappa shape index (κ3) is 6.46. The largest absolute Gasteiger partial charge is 0.455 e. The number of aromatic nitrogens is 1. The van der Waals surface area contributed by atoms with Crippen LogP contribution >= 0.6 is 11.8 Å². The number of nitrogens with zero attached hydrogens (tertiary/aromatic N) is 2. The molecule has 0 fully saturated rings. The summed E-state index contributed by atoms with van der Waals surface area (Å²) in [7, 11) is 0. The van der Waals surface area contributed by atoms with Crippen molar-refractivity contribution in [2.75, 3.05) is 17.7 Å². The number of nitrogens with one attached hydrogen (secondary N) is 1. The van der Waals surface area contributed by atoms with Gasteiger partial charge in [-0.3, -0.25) is 9.59 Å². The summed E-state index contributed by atoms with van der Waals surface area (Å²) in [6.45, 7) is 3.77. The Bertz CT molecular complexity index is 1170. The molecule has 33 heavy (non-hydrogen) atoms. The van der Waals surface area contributed by atoms with Gasteiger partial charge in [0.2, 0.25) is 0 Å². The van der Waals surface area contributed by atoms with Crippen molar-refractivity contribution in [3.8, 4) is 6.07 Å². The van der Waals surface area contributed by atoms with Crippen molar-refractivity contribution in [2.45, 2.75) is 26.1 Å². The molecule has 0 atom stereocenters. The number of carbonyl (C=O) groups excluding carboxylic acids is 2. The van der Waals surface area contributed by atoms with E-state index in [2.05, 4.69) is 11.4 Å². The van der Waals surface area contributed by atoms with Gasteiger partial charge in [-0.15, -0.1) is 11.8 Å². The summed E-state index contributed by atoms with van der Waals surface area (Å²) in [5.74, 6) is -0.368. The topological polar surface area (TPSA) is 84.1 Å². The number of hydrogen-bond acceptors (Lipinski definition) is 5. The van der Waals surface area contributed by atoms with Crippen molar-refractivity contribution in [2.24, 2.45) is 0 Å². The first kappa shape index (κ1) is 24.1.